The van der Waals surface area contributed by atoms with Crippen molar-refractivity contribution in [3.05, 3.63) is 0 Å². The SMILES string of the molecule is CC(O)CC(O)CCCCCC(O)O. The van der Waals surface area contributed by atoms with Crippen molar-refractivity contribution in [3.63, 3.8) is 0 Å². The lowest BCUT2D eigenvalue weighted by molar-refractivity contribution is -0.0466. The Kier molecular flexibility index (Phi) is 8.08. The molecule has 0 aliphatic rings. The lowest BCUT2D eigenvalue weighted by Crippen LogP contribution is -2.14. The highest BCUT2D eigenvalue weighted by molar-refractivity contribution is 4.59. The summed E-state index contributed by atoms with van der Waals surface area (Å²) in [4.78, 5) is 0. The summed E-state index contributed by atoms with van der Waals surface area (Å²) < 4.78 is 0. The first-order valence-corrected chi connectivity index (χ1v) is 5.24. The van der Waals surface area contributed by atoms with Crippen molar-refractivity contribution in [2.75, 3.05) is 0 Å². The number of hydrogen-bond acceptors (Lipinski definition) is 4. The van der Waals surface area contributed by atoms with Crippen LogP contribution in [0.4, 0.5) is 0 Å². The molecule has 4 nitrogen and oxygen atoms in total. The number of hydrogen-bond donors (Lipinski definition) is 4. The molecule has 4 heteroatoms. The number of aliphatic hydroxyl groups is 4. The van der Waals surface area contributed by atoms with Crippen LogP contribution < -0.4 is 0 Å². The maximum absolute atomic E-state index is 9.37. The third-order valence-corrected chi connectivity index (χ3v) is 2.11. The van der Waals surface area contributed by atoms with E-state index in [0.29, 0.717) is 19.3 Å². The van der Waals surface area contributed by atoms with Crippen LogP contribution in [-0.2, 0) is 0 Å². The Morgan fingerprint density at radius 2 is 1.43 bits per heavy atom. The Balaban J connectivity index is 3.19. The Hall–Kier alpha value is -0.160. The molecule has 0 rings (SSSR count). The molecule has 0 radical (unpaired) electrons. The fourth-order valence-electron chi connectivity index (χ4n) is 1.40. The average Bonchev–Trinajstić information content (AvgIpc) is 2.01. The van der Waals surface area contributed by atoms with Crippen LogP contribution in [0.15, 0.2) is 0 Å². The van der Waals surface area contributed by atoms with E-state index < -0.39 is 18.5 Å². The number of aliphatic hydroxyl groups excluding tert-OH is 3. The van der Waals surface area contributed by atoms with Crippen molar-refractivity contribution in [2.45, 2.75) is 63.9 Å². The standard InChI is InChI=1S/C10H22O4/c1-8(11)7-9(12)5-3-2-4-6-10(13)14/h8-14H,2-7H2,1H3. The molecule has 2 unspecified atom stereocenters. The van der Waals surface area contributed by atoms with Crippen LogP contribution in [0.25, 0.3) is 0 Å². The van der Waals surface area contributed by atoms with Gasteiger partial charge in [0.1, 0.15) is 0 Å². The molecule has 0 bridgehead atoms. The quantitative estimate of drug-likeness (QED) is 0.342. The molecule has 0 heterocycles. The molecular weight excluding hydrogens is 184 g/mol. The summed E-state index contributed by atoms with van der Waals surface area (Å²) >= 11 is 0. The highest BCUT2D eigenvalue weighted by atomic mass is 16.5. The monoisotopic (exact) mass is 206 g/mol. The minimum Gasteiger partial charge on any atom is -0.393 e. The molecule has 86 valence electrons. The van der Waals surface area contributed by atoms with Crippen LogP contribution >= 0.6 is 0 Å². The zero-order valence-corrected chi connectivity index (χ0v) is 8.76. The highest BCUT2D eigenvalue weighted by Gasteiger charge is 2.07. The lowest BCUT2D eigenvalue weighted by Gasteiger charge is -2.11. The second-order valence-electron chi connectivity index (χ2n) is 3.86. The van der Waals surface area contributed by atoms with Gasteiger partial charge in [-0.3, -0.25) is 0 Å². The first kappa shape index (κ1) is 13.8. The fourth-order valence-corrected chi connectivity index (χ4v) is 1.40. The van der Waals surface area contributed by atoms with Crippen LogP contribution in [0.1, 0.15) is 45.4 Å². The van der Waals surface area contributed by atoms with Crippen molar-refractivity contribution in [2.24, 2.45) is 0 Å². The lowest BCUT2D eigenvalue weighted by atomic mass is 10.0. The van der Waals surface area contributed by atoms with Crippen LogP contribution in [0.3, 0.4) is 0 Å². The van der Waals surface area contributed by atoms with Crippen molar-refractivity contribution in [1.29, 1.82) is 0 Å². The molecule has 0 saturated heterocycles. The molecule has 0 spiro atoms. The zero-order valence-electron chi connectivity index (χ0n) is 8.76. The smallest absolute Gasteiger partial charge is 0.151 e. The van der Waals surface area contributed by atoms with E-state index in [2.05, 4.69) is 0 Å². The molecule has 0 aliphatic carbocycles. The molecule has 0 aromatic heterocycles. The van der Waals surface area contributed by atoms with Gasteiger partial charge in [-0.05, 0) is 32.6 Å². The molecule has 0 fully saturated rings. The third kappa shape index (κ3) is 9.92. The van der Waals surface area contributed by atoms with E-state index in [1.54, 1.807) is 6.92 Å². The van der Waals surface area contributed by atoms with Gasteiger partial charge in [0.25, 0.3) is 0 Å². The third-order valence-electron chi connectivity index (χ3n) is 2.11. The molecule has 0 aromatic rings. The van der Waals surface area contributed by atoms with Gasteiger partial charge in [-0.1, -0.05) is 12.8 Å². The molecule has 2 atom stereocenters. The van der Waals surface area contributed by atoms with E-state index in [1.165, 1.54) is 0 Å². The normalized spacial score (nSPS) is 15.9. The van der Waals surface area contributed by atoms with Crippen molar-refractivity contribution in [3.8, 4) is 0 Å². The van der Waals surface area contributed by atoms with E-state index in [0.717, 1.165) is 19.3 Å². The van der Waals surface area contributed by atoms with Gasteiger partial charge in [0.2, 0.25) is 0 Å². The Labute approximate surface area is 85.2 Å². The maximum atomic E-state index is 9.37. The van der Waals surface area contributed by atoms with E-state index in [4.69, 9.17) is 15.3 Å². The Morgan fingerprint density at radius 1 is 0.857 bits per heavy atom. The van der Waals surface area contributed by atoms with Gasteiger partial charge < -0.3 is 20.4 Å². The Bertz CT molecular complexity index is 125. The van der Waals surface area contributed by atoms with Gasteiger partial charge in [0.05, 0.1) is 12.2 Å². The van der Waals surface area contributed by atoms with Crippen molar-refractivity contribution in [1.82, 2.24) is 0 Å². The van der Waals surface area contributed by atoms with Crippen LogP contribution in [0, 0.1) is 0 Å². The maximum Gasteiger partial charge on any atom is 0.151 e. The fraction of sp³-hybridized carbons (Fsp3) is 1.00. The van der Waals surface area contributed by atoms with E-state index in [-0.39, 0.29) is 0 Å². The molecule has 0 saturated carbocycles. The summed E-state index contributed by atoms with van der Waals surface area (Å²) in [7, 11) is 0. The summed E-state index contributed by atoms with van der Waals surface area (Å²) in [6.07, 6.45) is 1.89. The van der Waals surface area contributed by atoms with E-state index >= 15 is 0 Å². The first-order chi connectivity index (χ1) is 6.52. The van der Waals surface area contributed by atoms with Gasteiger partial charge in [0, 0.05) is 0 Å². The predicted octanol–water partition coefficient (Wildman–Crippen LogP) is 0.379. The molecular formula is C10H22O4. The van der Waals surface area contributed by atoms with Crippen molar-refractivity contribution < 1.29 is 20.4 Å². The van der Waals surface area contributed by atoms with Crippen LogP contribution in [0.2, 0.25) is 0 Å². The van der Waals surface area contributed by atoms with Gasteiger partial charge >= 0.3 is 0 Å². The molecule has 0 amide bonds. The average molecular weight is 206 g/mol. The number of unbranched alkanes of at least 4 members (excludes halogenated alkanes) is 2. The molecule has 4 N–H and O–H groups in total. The predicted molar refractivity (Wildman–Crippen MR) is 53.6 cm³/mol. The van der Waals surface area contributed by atoms with Gasteiger partial charge in [-0.25, -0.2) is 0 Å². The van der Waals surface area contributed by atoms with E-state index in [1.807, 2.05) is 0 Å². The van der Waals surface area contributed by atoms with Crippen molar-refractivity contribution >= 4 is 0 Å². The van der Waals surface area contributed by atoms with Gasteiger partial charge in [0.15, 0.2) is 6.29 Å². The summed E-state index contributed by atoms with van der Waals surface area (Å²) in [6.45, 7) is 1.66. The topological polar surface area (TPSA) is 80.9 Å². The van der Waals surface area contributed by atoms with E-state index in [9.17, 15) is 5.11 Å². The number of rotatable bonds is 8. The molecule has 0 aromatic carbocycles. The summed E-state index contributed by atoms with van der Waals surface area (Å²) in [5, 5.41) is 35.4. The minimum absolute atomic E-state index is 0.395. The second kappa shape index (κ2) is 8.17. The second-order valence-corrected chi connectivity index (χ2v) is 3.86. The van der Waals surface area contributed by atoms with Gasteiger partial charge in [-0.15, -0.1) is 0 Å². The zero-order chi connectivity index (χ0) is 11.0. The molecule has 0 aliphatic heterocycles. The molecule has 14 heavy (non-hydrogen) atoms. The summed E-state index contributed by atoms with van der Waals surface area (Å²) in [5.41, 5.74) is 0. The van der Waals surface area contributed by atoms with Gasteiger partial charge in [-0.2, -0.15) is 0 Å². The largest absolute Gasteiger partial charge is 0.393 e. The van der Waals surface area contributed by atoms with Crippen LogP contribution in [-0.4, -0.2) is 38.9 Å². The first-order valence-electron chi connectivity index (χ1n) is 5.24. The van der Waals surface area contributed by atoms with Crippen LogP contribution in [0.5, 0.6) is 0 Å². The highest BCUT2D eigenvalue weighted by Crippen LogP contribution is 2.10. The Morgan fingerprint density at radius 3 is 1.93 bits per heavy atom. The minimum atomic E-state index is -1.21. The summed E-state index contributed by atoms with van der Waals surface area (Å²) in [5.74, 6) is 0. The summed E-state index contributed by atoms with van der Waals surface area (Å²) in [6, 6.07) is 0.